The molecule has 0 aliphatic carbocycles. The van der Waals surface area contributed by atoms with E-state index in [4.69, 9.17) is 0 Å². The number of hydrogen-bond donors (Lipinski definition) is 5. The number of hydrogen-bond acceptors (Lipinski definition) is 4. The summed E-state index contributed by atoms with van der Waals surface area (Å²) in [7, 11) is 0. The molecule has 1 saturated heterocycles. The van der Waals surface area contributed by atoms with Crippen LogP contribution in [0.1, 0.15) is 39.3 Å². The second kappa shape index (κ2) is 8.68. The molecule has 1 atom stereocenters. The number of amides is 3. The molecule has 2 aliphatic rings. The molecule has 0 radical (unpaired) electrons. The van der Waals surface area contributed by atoms with Gasteiger partial charge >= 0.3 is 0 Å². The molecule has 2 aromatic rings. The minimum absolute atomic E-state index is 0.00958. The van der Waals surface area contributed by atoms with E-state index in [1.165, 1.54) is 0 Å². The number of halogens is 1. The Labute approximate surface area is 188 Å². The van der Waals surface area contributed by atoms with E-state index < -0.39 is 0 Å². The molecule has 0 bridgehead atoms. The molecular weight excluding hydrogens is 462 g/mol. The van der Waals surface area contributed by atoms with E-state index in [-0.39, 0.29) is 23.8 Å². The Kier molecular flexibility index (Phi) is 5.97. The SMILES string of the molecule is Cc1[nH]c(/C(Br)=C2/C(=O)Nc3ccccc32)c(C)c1C(=O)NCCC1CNC(=O)CN1. The number of aryl methyl sites for hydroxylation is 1. The predicted octanol–water partition coefficient (Wildman–Crippen LogP) is 2.05. The van der Waals surface area contributed by atoms with E-state index in [0.717, 1.165) is 22.5 Å². The summed E-state index contributed by atoms with van der Waals surface area (Å²) in [6.45, 7) is 5.07. The molecule has 1 fully saturated rings. The topological polar surface area (TPSA) is 115 Å². The number of carbonyl (C=O) groups excluding carboxylic acids is 3. The zero-order chi connectivity index (χ0) is 22.1. The number of benzene rings is 1. The van der Waals surface area contributed by atoms with Gasteiger partial charge in [-0.15, -0.1) is 0 Å². The van der Waals surface area contributed by atoms with Gasteiger partial charge in [0, 0.05) is 36.1 Å². The van der Waals surface area contributed by atoms with Crippen LogP contribution in [0.4, 0.5) is 5.69 Å². The number of carbonyl (C=O) groups is 3. The monoisotopic (exact) mass is 485 g/mol. The normalized spacial score (nSPS) is 19.5. The minimum atomic E-state index is -0.183. The Morgan fingerprint density at radius 1 is 1.23 bits per heavy atom. The highest BCUT2D eigenvalue weighted by molar-refractivity contribution is 9.15. The highest BCUT2D eigenvalue weighted by Gasteiger charge is 2.29. The van der Waals surface area contributed by atoms with Gasteiger partial charge in [-0.1, -0.05) is 18.2 Å². The standard InChI is InChI=1S/C22H24BrN5O3/c1-11-17(21(30)24-8-7-13-9-26-16(29)10-25-13)12(2)27-20(11)19(23)18-14-5-3-4-6-15(14)28-22(18)31/h3-6,13,25,27H,7-10H2,1-2H3,(H,24,30)(H,26,29)(H,28,31)/b19-18-. The van der Waals surface area contributed by atoms with Crippen LogP contribution in [0.3, 0.4) is 0 Å². The molecule has 8 nitrogen and oxygen atoms in total. The van der Waals surface area contributed by atoms with E-state index in [2.05, 4.69) is 42.2 Å². The number of fused-ring (bicyclic) bond motifs is 1. The highest BCUT2D eigenvalue weighted by atomic mass is 79.9. The molecule has 1 aromatic heterocycles. The molecule has 31 heavy (non-hydrogen) atoms. The summed E-state index contributed by atoms with van der Waals surface area (Å²) in [5, 5.41) is 11.8. The maximum Gasteiger partial charge on any atom is 0.257 e. The Morgan fingerprint density at radius 3 is 2.74 bits per heavy atom. The van der Waals surface area contributed by atoms with Gasteiger partial charge in [-0.3, -0.25) is 14.4 Å². The lowest BCUT2D eigenvalue weighted by Crippen LogP contribution is -2.52. The number of aromatic amines is 1. The van der Waals surface area contributed by atoms with Crippen LogP contribution < -0.4 is 21.3 Å². The molecule has 1 unspecified atom stereocenters. The largest absolute Gasteiger partial charge is 0.357 e. The van der Waals surface area contributed by atoms with Crippen molar-refractivity contribution < 1.29 is 14.4 Å². The molecule has 3 amide bonds. The number of para-hydroxylation sites is 1. The van der Waals surface area contributed by atoms with Crippen molar-refractivity contribution in [2.75, 3.05) is 25.0 Å². The van der Waals surface area contributed by atoms with Crippen LogP contribution in [0, 0.1) is 13.8 Å². The van der Waals surface area contributed by atoms with Crippen molar-refractivity contribution in [2.45, 2.75) is 26.3 Å². The zero-order valence-electron chi connectivity index (χ0n) is 17.3. The van der Waals surface area contributed by atoms with Crippen LogP contribution in [0.5, 0.6) is 0 Å². The van der Waals surface area contributed by atoms with Crippen molar-refractivity contribution in [3.05, 3.63) is 52.3 Å². The number of rotatable bonds is 5. The van der Waals surface area contributed by atoms with Crippen LogP contribution in [0.2, 0.25) is 0 Å². The average Bonchev–Trinajstić information content (AvgIpc) is 3.24. The third-order valence-corrected chi connectivity index (χ3v) is 6.44. The maximum atomic E-state index is 12.9. The van der Waals surface area contributed by atoms with Crippen molar-refractivity contribution in [1.82, 2.24) is 20.9 Å². The molecule has 0 spiro atoms. The lowest BCUT2D eigenvalue weighted by atomic mass is 10.0. The summed E-state index contributed by atoms with van der Waals surface area (Å²) in [5.74, 6) is -0.360. The molecule has 2 aliphatic heterocycles. The van der Waals surface area contributed by atoms with Crippen LogP contribution in [-0.4, -0.2) is 48.4 Å². The molecule has 4 rings (SSSR count). The van der Waals surface area contributed by atoms with Crippen molar-refractivity contribution >= 4 is 49.4 Å². The third kappa shape index (κ3) is 4.15. The van der Waals surface area contributed by atoms with Gasteiger partial charge in [-0.25, -0.2) is 0 Å². The van der Waals surface area contributed by atoms with Gasteiger partial charge in [0.05, 0.1) is 27.9 Å². The van der Waals surface area contributed by atoms with Crippen molar-refractivity contribution in [3.8, 4) is 0 Å². The maximum absolute atomic E-state index is 12.9. The van der Waals surface area contributed by atoms with Gasteiger partial charge in [-0.2, -0.15) is 0 Å². The predicted molar refractivity (Wildman–Crippen MR) is 123 cm³/mol. The number of aromatic nitrogens is 1. The fourth-order valence-corrected chi connectivity index (χ4v) is 4.82. The molecule has 9 heteroatoms. The Balaban J connectivity index is 1.52. The first kappa shape index (κ1) is 21.3. The quantitative estimate of drug-likeness (QED) is 0.416. The lowest BCUT2D eigenvalue weighted by Gasteiger charge is -2.24. The van der Waals surface area contributed by atoms with Gasteiger partial charge in [-0.05, 0) is 47.8 Å². The molecule has 0 saturated carbocycles. The van der Waals surface area contributed by atoms with Crippen LogP contribution in [0.25, 0.3) is 10.1 Å². The number of H-pyrrole nitrogens is 1. The number of piperazine rings is 1. The van der Waals surface area contributed by atoms with E-state index >= 15 is 0 Å². The second-order valence-corrected chi connectivity index (χ2v) is 8.53. The smallest absolute Gasteiger partial charge is 0.257 e. The van der Waals surface area contributed by atoms with Crippen molar-refractivity contribution in [1.29, 1.82) is 0 Å². The second-order valence-electron chi connectivity index (χ2n) is 7.74. The van der Waals surface area contributed by atoms with Gasteiger partial charge in [0.25, 0.3) is 11.8 Å². The van der Waals surface area contributed by atoms with Gasteiger partial charge in [0.1, 0.15) is 0 Å². The van der Waals surface area contributed by atoms with E-state index in [1.54, 1.807) is 0 Å². The first-order chi connectivity index (χ1) is 14.9. The van der Waals surface area contributed by atoms with E-state index in [1.807, 2.05) is 38.1 Å². The van der Waals surface area contributed by atoms with Gasteiger partial charge < -0.3 is 26.3 Å². The summed E-state index contributed by atoms with van der Waals surface area (Å²) in [4.78, 5) is 39.9. The summed E-state index contributed by atoms with van der Waals surface area (Å²) >= 11 is 3.59. The Bertz CT molecular complexity index is 1090. The molecule has 3 heterocycles. The third-order valence-electron chi connectivity index (χ3n) is 5.65. The average molecular weight is 486 g/mol. The lowest BCUT2D eigenvalue weighted by molar-refractivity contribution is -0.121. The van der Waals surface area contributed by atoms with Crippen LogP contribution in [-0.2, 0) is 9.59 Å². The summed E-state index contributed by atoms with van der Waals surface area (Å²) in [5.41, 5.74) is 4.92. The fourth-order valence-electron chi connectivity index (χ4n) is 4.03. The first-order valence-corrected chi connectivity index (χ1v) is 10.9. The van der Waals surface area contributed by atoms with Crippen LogP contribution >= 0.6 is 15.9 Å². The molecule has 5 N–H and O–H groups in total. The van der Waals surface area contributed by atoms with Gasteiger partial charge in [0.2, 0.25) is 5.91 Å². The molecule has 1 aromatic carbocycles. The van der Waals surface area contributed by atoms with E-state index in [9.17, 15) is 14.4 Å². The van der Waals surface area contributed by atoms with Crippen molar-refractivity contribution in [3.63, 3.8) is 0 Å². The highest BCUT2D eigenvalue weighted by Crippen LogP contribution is 2.40. The minimum Gasteiger partial charge on any atom is -0.357 e. The van der Waals surface area contributed by atoms with Gasteiger partial charge in [0.15, 0.2) is 0 Å². The number of anilines is 1. The molecular formula is C22H24BrN5O3. The summed E-state index contributed by atoms with van der Waals surface area (Å²) in [6, 6.07) is 7.65. The Hall–Kier alpha value is -2.91. The van der Waals surface area contributed by atoms with E-state index in [0.29, 0.717) is 47.4 Å². The van der Waals surface area contributed by atoms with Crippen LogP contribution in [0.15, 0.2) is 24.3 Å². The molecule has 162 valence electrons. The summed E-state index contributed by atoms with van der Waals surface area (Å²) in [6.07, 6.45) is 0.714. The van der Waals surface area contributed by atoms with Crippen molar-refractivity contribution in [2.24, 2.45) is 0 Å². The first-order valence-electron chi connectivity index (χ1n) is 10.1. The number of nitrogens with one attached hydrogen (secondary N) is 5. The zero-order valence-corrected chi connectivity index (χ0v) is 18.9. The fraction of sp³-hybridized carbons (Fsp3) is 0.318. The Morgan fingerprint density at radius 2 is 2.00 bits per heavy atom. The summed E-state index contributed by atoms with van der Waals surface area (Å²) < 4.78 is 0.622.